The monoisotopic (exact) mass is 751 g/mol. The molecule has 0 rings (SSSR count). The molecule has 4 atom stereocenters. The molecule has 0 aromatic heterocycles. The quantitative estimate of drug-likeness (QED) is 0.0197. The molecular weight excluding hydrogens is 675 g/mol. The number of nitrogens with one attached hydrogen (secondary N) is 1. The van der Waals surface area contributed by atoms with Crippen LogP contribution in [0.25, 0.3) is 0 Å². The highest BCUT2D eigenvalue weighted by atomic mass is 31.2. The van der Waals surface area contributed by atoms with E-state index in [4.69, 9.17) is 9.05 Å². The van der Waals surface area contributed by atoms with Gasteiger partial charge in [0.25, 0.3) is 7.82 Å². The third-order valence-corrected chi connectivity index (χ3v) is 9.21. The molecule has 0 heterocycles. The Labute approximate surface area is 317 Å². The van der Waals surface area contributed by atoms with E-state index in [0.29, 0.717) is 23.9 Å². The predicted molar refractivity (Wildman–Crippen MR) is 216 cm³/mol. The summed E-state index contributed by atoms with van der Waals surface area (Å²) in [5.41, 5.74) is 0. The number of likely N-dealkylation sites (N-methyl/N-ethyl adjacent to an activating group) is 1. The maximum atomic E-state index is 12.8. The molecule has 10 heteroatoms. The van der Waals surface area contributed by atoms with Crippen molar-refractivity contribution in [2.45, 2.75) is 148 Å². The van der Waals surface area contributed by atoms with Crippen LogP contribution in [0, 0.1) is 0 Å². The smallest absolute Gasteiger partial charge is 0.268 e. The number of unbranched alkanes of at least 4 members (excludes halogenated alkanes) is 11. The van der Waals surface area contributed by atoms with Gasteiger partial charge in [-0.2, -0.15) is 0 Å². The van der Waals surface area contributed by atoms with Crippen molar-refractivity contribution in [1.29, 1.82) is 0 Å². The van der Waals surface area contributed by atoms with E-state index in [0.717, 1.165) is 44.9 Å². The van der Waals surface area contributed by atoms with Gasteiger partial charge >= 0.3 is 0 Å². The van der Waals surface area contributed by atoms with Crippen LogP contribution in [0.1, 0.15) is 129 Å². The van der Waals surface area contributed by atoms with Crippen LogP contribution in [0.3, 0.4) is 0 Å². The van der Waals surface area contributed by atoms with Gasteiger partial charge in [-0.25, -0.2) is 0 Å². The summed E-state index contributed by atoms with van der Waals surface area (Å²) in [6.07, 6.45) is 40.1. The van der Waals surface area contributed by atoms with E-state index in [1.54, 1.807) is 6.08 Å². The van der Waals surface area contributed by atoms with Gasteiger partial charge in [0.15, 0.2) is 0 Å². The summed E-state index contributed by atoms with van der Waals surface area (Å²) in [5, 5.41) is 23.4. The summed E-state index contributed by atoms with van der Waals surface area (Å²) < 4.78 is 23.1. The van der Waals surface area contributed by atoms with Crippen LogP contribution in [-0.2, 0) is 18.4 Å². The summed E-state index contributed by atoms with van der Waals surface area (Å²) in [4.78, 5) is 25.2. The number of phosphoric acid groups is 1. The number of hydrogen-bond acceptors (Lipinski definition) is 7. The van der Waals surface area contributed by atoms with Gasteiger partial charge in [-0.1, -0.05) is 145 Å². The second-order valence-electron chi connectivity index (χ2n) is 14.5. The lowest BCUT2D eigenvalue weighted by Crippen LogP contribution is -2.45. The number of allylic oxidation sites excluding steroid dienone is 9. The average Bonchev–Trinajstić information content (AvgIpc) is 3.08. The van der Waals surface area contributed by atoms with Gasteiger partial charge in [0.05, 0.1) is 46.0 Å². The van der Waals surface area contributed by atoms with Crippen LogP contribution in [0.2, 0.25) is 0 Å². The fourth-order valence-corrected chi connectivity index (χ4v) is 5.75. The SMILES string of the molecule is CC/C=C\C(O)C/C=C/C=C\C/C=C\C/C=C\CCCC(=O)N[C@@H](COP(=O)([O-])OCC[N+](C)(C)C)[C@H](O)/C=C/CCCCCCCCCCCC. The van der Waals surface area contributed by atoms with E-state index in [1.807, 2.05) is 70.6 Å². The van der Waals surface area contributed by atoms with E-state index >= 15 is 0 Å². The fraction of sp³-hybridized carbons (Fsp3) is 0.690. The molecule has 9 nitrogen and oxygen atoms in total. The van der Waals surface area contributed by atoms with Crippen molar-refractivity contribution in [3.05, 3.63) is 72.9 Å². The molecule has 0 aromatic carbocycles. The normalized spacial score (nSPS) is 15.9. The van der Waals surface area contributed by atoms with Crippen LogP contribution in [-0.4, -0.2) is 79.8 Å². The zero-order valence-electron chi connectivity index (χ0n) is 33.3. The third kappa shape index (κ3) is 35.0. The molecule has 0 bridgehead atoms. The van der Waals surface area contributed by atoms with Crippen molar-refractivity contribution in [2.24, 2.45) is 0 Å². The van der Waals surface area contributed by atoms with Gasteiger partial charge in [-0.15, -0.1) is 0 Å². The van der Waals surface area contributed by atoms with Gasteiger partial charge < -0.3 is 34.0 Å². The van der Waals surface area contributed by atoms with Crippen LogP contribution in [0.4, 0.5) is 0 Å². The molecule has 0 aliphatic heterocycles. The lowest BCUT2D eigenvalue weighted by molar-refractivity contribution is -0.870. The number of aliphatic hydroxyl groups excluding tert-OH is 2. The van der Waals surface area contributed by atoms with Gasteiger partial charge in [-0.05, 0) is 51.4 Å². The van der Waals surface area contributed by atoms with Crippen molar-refractivity contribution < 1.29 is 38.0 Å². The number of rotatable bonds is 34. The number of amides is 1. The van der Waals surface area contributed by atoms with Gasteiger partial charge in [0, 0.05) is 6.42 Å². The highest BCUT2D eigenvalue weighted by Gasteiger charge is 2.23. The summed E-state index contributed by atoms with van der Waals surface area (Å²) in [6.45, 7) is 4.31. The minimum Gasteiger partial charge on any atom is -0.756 e. The minimum absolute atomic E-state index is 0.0232. The third-order valence-electron chi connectivity index (χ3n) is 8.25. The van der Waals surface area contributed by atoms with Gasteiger partial charge in [0.2, 0.25) is 5.91 Å². The molecule has 0 spiro atoms. The predicted octanol–water partition coefficient (Wildman–Crippen LogP) is 8.80. The van der Waals surface area contributed by atoms with Gasteiger partial charge in [-0.3, -0.25) is 9.36 Å². The Hall–Kier alpha value is -2.10. The highest BCUT2D eigenvalue weighted by Crippen LogP contribution is 2.38. The standard InChI is InChI=1S/C42H75N2O7P/c1-6-8-10-11-12-13-14-18-21-24-27-30-34-41(46)40(38-51-52(48,49)50-37-36-44(3,4)5)43-42(47)35-31-28-25-22-19-16-15-17-20-23-26-29-33-39(45)32-9-7-2/h9,15-16,20,22-23,25-26,29-30,32,34,39-41,45-46H,6-8,10-14,17-19,21,24,27-28,31,33,35-38H2,1-5H3,(H-,43,47,48,49)/b16-15-,23-20-,25-22-,29-26+,32-9-,34-30+/t39?,40-,41+/m0/s1. The first kappa shape index (κ1) is 49.9. The molecule has 0 saturated carbocycles. The molecule has 0 saturated heterocycles. The maximum absolute atomic E-state index is 12.8. The number of phosphoric ester groups is 1. The molecule has 52 heavy (non-hydrogen) atoms. The van der Waals surface area contributed by atoms with Crippen molar-refractivity contribution in [1.82, 2.24) is 5.32 Å². The Balaban J connectivity index is 4.66. The van der Waals surface area contributed by atoms with E-state index in [-0.39, 0.29) is 18.9 Å². The molecule has 0 aromatic rings. The van der Waals surface area contributed by atoms with Crippen LogP contribution in [0.5, 0.6) is 0 Å². The van der Waals surface area contributed by atoms with Crippen molar-refractivity contribution >= 4 is 13.7 Å². The first-order valence-electron chi connectivity index (χ1n) is 19.9. The maximum Gasteiger partial charge on any atom is 0.268 e. The van der Waals surface area contributed by atoms with E-state index < -0.39 is 32.7 Å². The molecule has 0 aliphatic rings. The zero-order chi connectivity index (χ0) is 38.8. The first-order valence-corrected chi connectivity index (χ1v) is 21.4. The molecule has 300 valence electrons. The number of carbonyl (C=O) groups excluding carboxylic acids is 1. The van der Waals surface area contributed by atoms with E-state index in [2.05, 4.69) is 36.5 Å². The van der Waals surface area contributed by atoms with Crippen LogP contribution >= 0.6 is 7.82 Å². The average molecular weight is 751 g/mol. The second kappa shape index (κ2) is 33.5. The molecule has 0 aliphatic carbocycles. The molecule has 2 unspecified atom stereocenters. The lowest BCUT2D eigenvalue weighted by atomic mass is 10.1. The Morgan fingerprint density at radius 1 is 0.750 bits per heavy atom. The molecular formula is C42H75N2O7P. The zero-order valence-corrected chi connectivity index (χ0v) is 34.2. The molecule has 1 amide bonds. The number of carbonyl (C=O) groups is 1. The highest BCUT2D eigenvalue weighted by molar-refractivity contribution is 7.45. The molecule has 0 radical (unpaired) electrons. The first-order chi connectivity index (χ1) is 24.9. The van der Waals surface area contributed by atoms with Crippen LogP contribution in [0.15, 0.2) is 72.9 Å². The minimum atomic E-state index is -4.61. The summed E-state index contributed by atoms with van der Waals surface area (Å²) in [5.74, 6) is -0.275. The summed E-state index contributed by atoms with van der Waals surface area (Å²) in [7, 11) is 1.18. The largest absolute Gasteiger partial charge is 0.756 e. The van der Waals surface area contributed by atoms with Crippen molar-refractivity contribution in [3.8, 4) is 0 Å². The van der Waals surface area contributed by atoms with E-state index in [9.17, 15) is 24.5 Å². The van der Waals surface area contributed by atoms with Gasteiger partial charge in [0.1, 0.15) is 13.2 Å². The summed E-state index contributed by atoms with van der Waals surface area (Å²) in [6, 6.07) is -0.930. The number of hydrogen-bond donors (Lipinski definition) is 3. The van der Waals surface area contributed by atoms with Crippen molar-refractivity contribution in [3.63, 3.8) is 0 Å². The summed E-state index contributed by atoms with van der Waals surface area (Å²) >= 11 is 0. The topological polar surface area (TPSA) is 128 Å². The number of quaternary nitrogens is 1. The van der Waals surface area contributed by atoms with Crippen LogP contribution < -0.4 is 10.2 Å². The van der Waals surface area contributed by atoms with E-state index in [1.165, 1.54) is 51.4 Å². The Bertz CT molecular complexity index is 1090. The number of aliphatic hydroxyl groups is 2. The fourth-order valence-electron chi connectivity index (χ4n) is 5.03. The Morgan fingerprint density at radius 2 is 1.35 bits per heavy atom. The van der Waals surface area contributed by atoms with Crippen molar-refractivity contribution in [2.75, 3.05) is 40.9 Å². The Morgan fingerprint density at radius 3 is 2.00 bits per heavy atom. The Kier molecular flexibility index (Phi) is 32.1. The second-order valence-corrected chi connectivity index (χ2v) is 15.9. The molecule has 0 fully saturated rings. The number of nitrogens with zero attached hydrogens (tertiary/aromatic N) is 1. The molecule has 3 N–H and O–H groups in total. The lowest BCUT2D eigenvalue weighted by Gasteiger charge is -2.29.